The van der Waals surface area contributed by atoms with Gasteiger partial charge >= 0.3 is 0 Å². The molecule has 0 saturated heterocycles. The molecule has 1 nitrogen and oxygen atoms in total. The van der Waals surface area contributed by atoms with Crippen molar-refractivity contribution < 1.29 is 0 Å². The van der Waals surface area contributed by atoms with Crippen molar-refractivity contribution in [2.24, 2.45) is 17.8 Å². The average Bonchev–Trinajstić information content (AvgIpc) is 2.90. The molecule has 0 aromatic carbocycles. The van der Waals surface area contributed by atoms with Gasteiger partial charge in [0.2, 0.25) is 0 Å². The van der Waals surface area contributed by atoms with Crippen LogP contribution in [0.3, 0.4) is 0 Å². The lowest BCUT2D eigenvalue weighted by Gasteiger charge is -2.19. The van der Waals surface area contributed by atoms with E-state index in [-0.39, 0.29) is 0 Å². The van der Waals surface area contributed by atoms with Crippen molar-refractivity contribution in [1.29, 1.82) is 0 Å². The molecule has 4 atom stereocenters. The predicted octanol–water partition coefficient (Wildman–Crippen LogP) is 3.59. The predicted molar refractivity (Wildman–Crippen MR) is 65.9 cm³/mol. The van der Waals surface area contributed by atoms with Gasteiger partial charge in [0.15, 0.2) is 0 Å². The lowest BCUT2D eigenvalue weighted by Crippen LogP contribution is -2.31. The van der Waals surface area contributed by atoms with E-state index in [0.29, 0.717) is 0 Å². The van der Waals surface area contributed by atoms with Gasteiger partial charge in [-0.3, -0.25) is 0 Å². The van der Waals surface area contributed by atoms with E-state index in [1.807, 2.05) is 0 Å². The molecule has 2 rings (SSSR count). The van der Waals surface area contributed by atoms with Crippen molar-refractivity contribution in [2.75, 3.05) is 0 Å². The summed E-state index contributed by atoms with van der Waals surface area (Å²) >= 11 is 0. The van der Waals surface area contributed by atoms with Crippen LogP contribution in [-0.4, -0.2) is 12.1 Å². The number of rotatable bonds is 3. The first kappa shape index (κ1) is 11.4. The Bertz CT molecular complexity index is 200. The van der Waals surface area contributed by atoms with Gasteiger partial charge in [-0.1, -0.05) is 33.6 Å². The zero-order chi connectivity index (χ0) is 10.8. The standard InChI is InChI=1S/C14H27N/c1-10(2)12-5-4-6-13(8-7-12)15-14-9-11(14)3/h10-15H,4-9H2,1-3H3. The molecule has 2 fully saturated rings. The summed E-state index contributed by atoms with van der Waals surface area (Å²) in [7, 11) is 0. The van der Waals surface area contributed by atoms with E-state index < -0.39 is 0 Å². The van der Waals surface area contributed by atoms with Crippen LogP contribution in [0.4, 0.5) is 0 Å². The highest BCUT2D eigenvalue weighted by Gasteiger charge is 2.34. The van der Waals surface area contributed by atoms with Crippen LogP contribution in [0.1, 0.15) is 59.3 Å². The molecule has 0 heterocycles. The zero-order valence-corrected chi connectivity index (χ0v) is 10.6. The molecule has 15 heavy (non-hydrogen) atoms. The van der Waals surface area contributed by atoms with E-state index >= 15 is 0 Å². The highest BCUT2D eigenvalue weighted by Crippen LogP contribution is 2.33. The van der Waals surface area contributed by atoms with E-state index in [0.717, 1.165) is 29.8 Å². The van der Waals surface area contributed by atoms with Crippen molar-refractivity contribution >= 4 is 0 Å². The van der Waals surface area contributed by atoms with Crippen LogP contribution in [-0.2, 0) is 0 Å². The third kappa shape index (κ3) is 3.21. The van der Waals surface area contributed by atoms with Gasteiger partial charge in [0.05, 0.1) is 0 Å². The third-order valence-corrected chi connectivity index (χ3v) is 4.52. The van der Waals surface area contributed by atoms with Crippen LogP contribution < -0.4 is 5.32 Å². The summed E-state index contributed by atoms with van der Waals surface area (Å²) in [6.45, 7) is 7.15. The molecule has 2 aliphatic carbocycles. The molecule has 0 aromatic heterocycles. The van der Waals surface area contributed by atoms with Crippen LogP contribution in [0.2, 0.25) is 0 Å². The van der Waals surface area contributed by atoms with Gasteiger partial charge in [-0.15, -0.1) is 0 Å². The average molecular weight is 209 g/mol. The van der Waals surface area contributed by atoms with Gasteiger partial charge in [0.1, 0.15) is 0 Å². The first-order valence-corrected chi connectivity index (χ1v) is 6.93. The Morgan fingerprint density at radius 3 is 2.40 bits per heavy atom. The molecular formula is C14H27N. The summed E-state index contributed by atoms with van der Waals surface area (Å²) in [5, 5.41) is 3.84. The smallest absolute Gasteiger partial charge is 0.00989 e. The molecule has 4 unspecified atom stereocenters. The molecule has 88 valence electrons. The highest BCUT2D eigenvalue weighted by atomic mass is 15.0. The molecule has 0 aromatic rings. The summed E-state index contributed by atoms with van der Waals surface area (Å²) in [6, 6.07) is 1.70. The van der Waals surface area contributed by atoms with E-state index in [2.05, 4.69) is 26.1 Å². The van der Waals surface area contributed by atoms with Crippen molar-refractivity contribution in [3.05, 3.63) is 0 Å². The molecule has 0 amide bonds. The minimum Gasteiger partial charge on any atom is -0.311 e. The first-order chi connectivity index (χ1) is 7.16. The Kier molecular flexibility index (Phi) is 3.71. The van der Waals surface area contributed by atoms with E-state index in [4.69, 9.17) is 0 Å². The lowest BCUT2D eigenvalue weighted by atomic mass is 9.89. The Hall–Kier alpha value is -0.0400. The van der Waals surface area contributed by atoms with Crippen molar-refractivity contribution in [3.8, 4) is 0 Å². The van der Waals surface area contributed by atoms with Crippen molar-refractivity contribution in [2.45, 2.75) is 71.4 Å². The van der Waals surface area contributed by atoms with Crippen LogP contribution in [0, 0.1) is 17.8 Å². The Morgan fingerprint density at radius 1 is 1.07 bits per heavy atom. The Balaban J connectivity index is 1.74. The molecule has 2 aliphatic rings. The van der Waals surface area contributed by atoms with Gasteiger partial charge < -0.3 is 5.32 Å². The van der Waals surface area contributed by atoms with Gasteiger partial charge in [-0.25, -0.2) is 0 Å². The molecule has 2 saturated carbocycles. The van der Waals surface area contributed by atoms with Gasteiger partial charge in [-0.2, -0.15) is 0 Å². The molecule has 0 bridgehead atoms. The second-order valence-corrected chi connectivity index (χ2v) is 6.20. The molecule has 0 aliphatic heterocycles. The van der Waals surface area contributed by atoms with Gasteiger partial charge in [0.25, 0.3) is 0 Å². The van der Waals surface area contributed by atoms with Gasteiger partial charge in [-0.05, 0) is 43.4 Å². The largest absolute Gasteiger partial charge is 0.311 e. The molecule has 1 N–H and O–H groups in total. The monoisotopic (exact) mass is 209 g/mol. The topological polar surface area (TPSA) is 12.0 Å². The lowest BCUT2D eigenvalue weighted by molar-refractivity contribution is 0.337. The Morgan fingerprint density at radius 2 is 1.80 bits per heavy atom. The van der Waals surface area contributed by atoms with E-state index in [9.17, 15) is 0 Å². The fourth-order valence-corrected chi connectivity index (χ4v) is 3.02. The molecule has 0 radical (unpaired) electrons. The summed E-state index contributed by atoms with van der Waals surface area (Å²) in [5.74, 6) is 2.84. The number of hydrogen-bond acceptors (Lipinski definition) is 1. The fourth-order valence-electron chi connectivity index (χ4n) is 3.02. The number of hydrogen-bond donors (Lipinski definition) is 1. The van der Waals surface area contributed by atoms with Crippen LogP contribution in [0.15, 0.2) is 0 Å². The van der Waals surface area contributed by atoms with E-state index in [1.165, 1.54) is 38.5 Å². The maximum atomic E-state index is 3.84. The molecular weight excluding hydrogens is 182 g/mol. The second-order valence-electron chi connectivity index (χ2n) is 6.20. The van der Waals surface area contributed by atoms with E-state index in [1.54, 1.807) is 0 Å². The summed E-state index contributed by atoms with van der Waals surface area (Å²) in [5.41, 5.74) is 0. The van der Waals surface area contributed by atoms with Crippen molar-refractivity contribution in [3.63, 3.8) is 0 Å². The minimum atomic E-state index is 0.837. The van der Waals surface area contributed by atoms with Crippen LogP contribution in [0.5, 0.6) is 0 Å². The van der Waals surface area contributed by atoms with Gasteiger partial charge in [0, 0.05) is 12.1 Å². The normalized spacial score (nSPS) is 41.6. The number of nitrogens with one attached hydrogen (secondary N) is 1. The molecule has 0 spiro atoms. The molecule has 1 heteroatoms. The zero-order valence-electron chi connectivity index (χ0n) is 10.6. The third-order valence-electron chi connectivity index (χ3n) is 4.52. The quantitative estimate of drug-likeness (QED) is 0.700. The van der Waals surface area contributed by atoms with Crippen molar-refractivity contribution in [1.82, 2.24) is 5.32 Å². The first-order valence-electron chi connectivity index (χ1n) is 6.93. The SMILES string of the molecule is CC(C)C1CCCC(NC2CC2C)CC1. The second kappa shape index (κ2) is 4.86. The minimum absolute atomic E-state index is 0.837. The van der Waals surface area contributed by atoms with Crippen LogP contribution >= 0.6 is 0 Å². The maximum Gasteiger partial charge on any atom is 0.00989 e. The summed E-state index contributed by atoms with van der Waals surface area (Å²) in [4.78, 5) is 0. The Labute approximate surface area is 95.0 Å². The summed E-state index contributed by atoms with van der Waals surface area (Å²) < 4.78 is 0. The summed E-state index contributed by atoms with van der Waals surface area (Å²) in [6.07, 6.45) is 8.64. The highest BCUT2D eigenvalue weighted by molar-refractivity contribution is 4.92. The van der Waals surface area contributed by atoms with Crippen LogP contribution in [0.25, 0.3) is 0 Å². The fraction of sp³-hybridized carbons (Fsp3) is 1.00. The maximum absolute atomic E-state index is 3.84.